The van der Waals surface area contributed by atoms with Crippen molar-refractivity contribution in [2.24, 2.45) is 5.73 Å². The van der Waals surface area contributed by atoms with Gasteiger partial charge in [-0.25, -0.2) is 0 Å². The molecule has 0 aliphatic carbocycles. The topological polar surface area (TPSA) is 160 Å². The number of hydrogen-bond acceptors (Lipinski definition) is 8. The molecule has 0 fully saturated rings. The van der Waals surface area contributed by atoms with Crippen LogP contribution in [0.3, 0.4) is 0 Å². The fourth-order valence-electron chi connectivity index (χ4n) is 2.68. The van der Waals surface area contributed by atoms with Crippen molar-refractivity contribution in [2.45, 2.75) is 5.50 Å². The van der Waals surface area contributed by atoms with Crippen LogP contribution in [0, 0.1) is 0 Å². The lowest BCUT2D eigenvalue weighted by molar-refractivity contribution is -0.120. The second kappa shape index (κ2) is 10.3. The van der Waals surface area contributed by atoms with E-state index in [1.807, 2.05) is 0 Å². The Balaban J connectivity index is 0.00000420. The van der Waals surface area contributed by atoms with Crippen LogP contribution in [0.4, 0.5) is 0 Å². The van der Waals surface area contributed by atoms with Crippen LogP contribution in [0.5, 0.6) is 11.5 Å². The Bertz CT molecular complexity index is 891. The molecule has 1 aromatic carbocycles. The first-order chi connectivity index (χ1) is 13.2. The third-order valence-corrected chi connectivity index (χ3v) is 4.89. The molecule has 1 atom stereocenters. The minimum atomic E-state index is -4.69. The zero-order valence-electron chi connectivity index (χ0n) is 15.7. The highest BCUT2D eigenvalue weighted by Crippen LogP contribution is 2.34. The molecule has 29 heavy (non-hydrogen) atoms. The van der Waals surface area contributed by atoms with E-state index in [0.29, 0.717) is 17.1 Å². The van der Waals surface area contributed by atoms with Crippen molar-refractivity contribution in [2.75, 3.05) is 33.9 Å². The first-order valence-corrected chi connectivity index (χ1v) is 9.66. The van der Waals surface area contributed by atoms with Gasteiger partial charge in [0.15, 0.2) is 0 Å². The van der Waals surface area contributed by atoms with Crippen LogP contribution in [0.2, 0.25) is 0 Å². The van der Waals surface area contributed by atoms with E-state index in [2.05, 4.69) is 10.6 Å². The monoisotopic (exact) mass is 450 g/mol. The van der Waals surface area contributed by atoms with Gasteiger partial charge >= 0.3 is 10.1 Å². The molecule has 0 spiro atoms. The molecule has 0 aromatic heterocycles. The lowest BCUT2D eigenvalue weighted by atomic mass is 10.1. The Hall–Kier alpha value is -2.54. The normalized spacial score (nSPS) is 16.3. The van der Waals surface area contributed by atoms with Crippen LogP contribution in [0.1, 0.15) is 5.56 Å². The van der Waals surface area contributed by atoms with Gasteiger partial charge in [0.2, 0.25) is 17.3 Å². The van der Waals surface area contributed by atoms with Crippen molar-refractivity contribution in [1.82, 2.24) is 15.5 Å². The van der Waals surface area contributed by atoms with E-state index in [9.17, 15) is 22.6 Å². The molecule has 162 valence electrons. The van der Waals surface area contributed by atoms with Gasteiger partial charge in [-0.05, 0) is 12.1 Å². The molecule has 2 amide bonds. The van der Waals surface area contributed by atoms with Gasteiger partial charge in [0.25, 0.3) is 0 Å². The smallest absolute Gasteiger partial charge is 0.306 e. The van der Waals surface area contributed by atoms with Crippen LogP contribution < -0.4 is 25.8 Å². The summed E-state index contributed by atoms with van der Waals surface area (Å²) >= 11 is 0. The number of nitrogens with zero attached hydrogens (tertiary/aromatic N) is 1. The van der Waals surface area contributed by atoms with Crippen molar-refractivity contribution in [3.8, 4) is 11.5 Å². The zero-order chi connectivity index (χ0) is 20.9. The number of carbonyl (C=O) groups excluding carboxylic acids is 2. The maximum absolute atomic E-state index is 12.1. The Morgan fingerprint density at radius 1 is 1.34 bits per heavy atom. The first-order valence-electron chi connectivity index (χ1n) is 8.15. The summed E-state index contributed by atoms with van der Waals surface area (Å²) in [5.41, 5.74) is 4.08. The van der Waals surface area contributed by atoms with Gasteiger partial charge < -0.3 is 30.7 Å². The second-order valence-electron chi connectivity index (χ2n) is 5.72. The molecule has 5 N–H and O–H groups in total. The van der Waals surface area contributed by atoms with Gasteiger partial charge in [-0.15, -0.1) is 12.4 Å². The van der Waals surface area contributed by atoms with E-state index >= 15 is 0 Å². The Morgan fingerprint density at radius 3 is 2.59 bits per heavy atom. The molecular formula is C16H23ClN4O7S. The van der Waals surface area contributed by atoms with Crippen LogP contribution in [0.15, 0.2) is 24.3 Å². The van der Waals surface area contributed by atoms with E-state index in [0.717, 1.165) is 0 Å². The lowest BCUT2D eigenvalue weighted by Crippen LogP contribution is -2.56. The molecule has 0 saturated carbocycles. The van der Waals surface area contributed by atoms with Gasteiger partial charge in [-0.1, -0.05) is 0 Å². The van der Waals surface area contributed by atoms with Crippen molar-refractivity contribution in [3.05, 3.63) is 29.8 Å². The number of rotatable bonds is 8. The van der Waals surface area contributed by atoms with Crippen LogP contribution in [-0.2, 0) is 19.7 Å². The maximum Gasteiger partial charge on any atom is 0.306 e. The quantitative estimate of drug-likeness (QED) is 0.369. The number of benzene rings is 1. The standard InChI is InChI=1S/C16H22N4O7S.ClH/c1-26-10-3-4-11(13(7-10)27-2)12-8-14(21)19-16(28(23,24)25)20(12)6-5-18-15(22)9-17;/h3-4,7-8,16H,5-6,9,17H2,1-2H3,(H,18,22)(H,19,21)(H,23,24,25);1H. The van der Waals surface area contributed by atoms with E-state index in [4.69, 9.17) is 15.2 Å². The van der Waals surface area contributed by atoms with Gasteiger partial charge in [0.05, 0.1) is 26.5 Å². The molecule has 0 radical (unpaired) electrons. The predicted octanol–water partition coefficient (Wildman–Crippen LogP) is -0.855. The van der Waals surface area contributed by atoms with Gasteiger partial charge in [0, 0.05) is 30.8 Å². The first kappa shape index (κ1) is 24.5. The molecule has 1 aliphatic rings. The van der Waals surface area contributed by atoms with E-state index in [1.165, 1.54) is 25.2 Å². The second-order valence-corrected chi connectivity index (χ2v) is 7.20. The third-order valence-electron chi connectivity index (χ3n) is 3.95. The van der Waals surface area contributed by atoms with Crippen LogP contribution in [0.25, 0.3) is 5.70 Å². The summed E-state index contributed by atoms with van der Waals surface area (Å²) < 4.78 is 43.7. The molecule has 0 saturated heterocycles. The summed E-state index contributed by atoms with van der Waals surface area (Å²) in [4.78, 5) is 24.7. The minimum absolute atomic E-state index is 0. The number of amides is 2. The molecular weight excluding hydrogens is 428 g/mol. The van der Waals surface area contributed by atoms with Crippen LogP contribution in [-0.4, -0.2) is 69.0 Å². The summed E-state index contributed by atoms with van der Waals surface area (Å²) in [6, 6.07) is 4.77. The van der Waals surface area contributed by atoms with Crippen molar-refractivity contribution in [1.29, 1.82) is 0 Å². The average molecular weight is 451 g/mol. The van der Waals surface area contributed by atoms with Crippen molar-refractivity contribution >= 4 is 40.0 Å². The molecule has 13 heteroatoms. The number of methoxy groups -OCH3 is 2. The number of ether oxygens (including phenoxy) is 2. The van der Waals surface area contributed by atoms with Gasteiger partial charge in [0.1, 0.15) is 11.5 Å². The summed E-state index contributed by atoms with van der Waals surface area (Å²) in [6.07, 6.45) is 1.18. The number of halogens is 1. The summed E-state index contributed by atoms with van der Waals surface area (Å²) in [6.45, 7) is -0.251. The summed E-state index contributed by atoms with van der Waals surface area (Å²) in [7, 11) is -1.80. The SMILES string of the molecule is COc1ccc(C2=CC(=O)NC(S(=O)(=O)O)N2CCNC(=O)CN)c(OC)c1.Cl. The number of hydrogen-bond donors (Lipinski definition) is 4. The molecule has 11 nitrogen and oxygen atoms in total. The molecule has 1 aromatic rings. The molecule has 1 heterocycles. The third kappa shape index (κ3) is 5.97. The zero-order valence-corrected chi connectivity index (χ0v) is 17.4. The number of carbonyl (C=O) groups is 2. The average Bonchev–Trinajstić information content (AvgIpc) is 2.67. The minimum Gasteiger partial charge on any atom is -0.497 e. The van der Waals surface area contributed by atoms with E-state index in [1.54, 1.807) is 18.2 Å². The summed E-state index contributed by atoms with van der Waals surface area (Å²) in [5, 5.41) is 4.70. The highest BCUT2D eigenvalue weighted by molar-refractivity contribution is 7.86. The van der Waals surface area contributed by atoms with E-state index in [-0.39, 0.29) is 37.7 Å². The fraction of sp³-hybridized carbons (Fsp3) is 0.375. The number of nitrogens with two attached hydrogens (primary N) is 1. The maximum atomic E-state index is 12.1. The summed E-state index contributed by atoms with van der Waals surface area (Å²) in [5.74, 6) is -0.324. The molecule has 1 unspecified atom stereocenters. The van der Waals surface area contributed by atoms with Gasteiger partial charge in [-0.3, -0.25) is 14.1 Å². The Morgan fingerprint density at radius 2 is 2.03 bits per heavy atom. The fourth-order valence-corrected chi connectivity index (χ4v) is 3.48. The van der Waals surface area contributed by atoms with Crippen molar-refractivity contribution in [3.63, 3.8) is 0 Å². The molecule has 1 aliphatic heterocycles. The largest absolute Gasteiger partial charge is 0.497 e. The Kier molecular flexibility index (Phi) is 8.70. The van der Waals surface area contributed by atoms with E-state index < -0.39 is 27.4 Å². The van der Waals surface area contributed by atoms with Crippen LogP contribution >= 0.6 is 12.4 Å². The lowest BCUT2D eigenvalue weighted by Gasteiger charge is -2.37. The predicted molar refractivity (Wildman–Crippen MR) is 107 cm³/mol. The van der Waals surface area contributed by atoms with Gasteiger partial charge in [-0.2, -0.15) is 8.42 Å². The Labute approximate surface area is 174 Å². The highest BCUT2D eigenvalue weighted by Gasteiger charge is 2.37. The highest BCUT2D eigenvalue weighted by atomic mass is 35.5. The molecule has 2 rings (SSSR count). The van der Waals surface area contributed by atoms with Crippen molar-refractivity contribution < 1.29 is 32.0 Å². The molecule has 0 bridgehead atoms. The number of nitrogens with one attached hydrogen (secondary N) is 2.